The zero-order chi connectivity index (χ0) is 104. The third-order valence-electron chi connectivity index (χ3n) is 25.8. The van der Waals surface area contributed by atoms with Gasteiger partial charge < -0.3 is 91.0 Å². The van der Waals surface area contributed by atoms with Gasteiger partial charge in [0.25, 0.3) is 0 Å². The van der Waals surface area contributed by atoms with Crippen LogP contribution >= 0.6 is 34.8 Å². The van der Waals surface area contributed by atoms with Crippen molar-refractivity contribution in [1.82, 2.24) is 59.6 Å². The first-order valence-corrected chi connectivity index (χ1v) is 50.1. The molecule has 16 heterocycles. The maximum absolute atomic E-state index is 12.8. The SMILES string of the molecule is CN1CCC(CC(=O)c2ccc(-c3cc(NC4CCOCC4)c4cnccc4n3)cc2)CC1.CN1CCC(N)CC1.COC(=O)c1ccc(-c2cc(Cl)c3cnccc3n2)cc1.COC(=O)c1ccc(-c2cc(NC3CCOCC3)c3cnccc3n2)cc1.COC(=O)c1ccc(B(O)O)cc1.Clc1cc(Cl)c2cnccc2n1.NC1CCOCC1.O=C(O)c1ccc(-c2cc(NC3CCOCC3)c3cnccc3n2)cc1.[Li+].[OH-]. The molecule has 6 saturated heterocycles. The number of nitrogens with two attached hydrogens (primary N) is 2. The molecule has 0 radical (unpaired) electrons. The Hall–Kier alpha value is -13.1. The van der Waals surface area contributed by atoms with Gasteiger partial charge in [0.2, 0.25) is 0 Å². The van der Waals surface area contributed by atoms with Crippen LogP contribution in [0, 0.1) is 5.92 Å². The second kappa shape index (κ2) is 58.2. The number of methoxy groups -OCH3 is 3. The Labute approximate surface area is 892 Å². The largest absolute Gasteiger partial charge is 1.00 e. The van der Waals surface area contributed by atoms with E-state index in [0.29, 0.717) is 79.9 Å². The first-order valence-electron chi connectivity index (χ1n) is 49.0. The minimum absolute atomic E-state index is 0. The molecule has 0 bridgehead atoms. The summed E-state index contributed by atoms with van der Waals surface area (Å²) in [6.07, 6.45) is 30.7. The number of nitrogens with zero attached hydrogens (tertiary/aromatic N) is 12. The molecule has 6 aliphatic heterocycles. The van der Waals surface area contributed by atoms with E-state index in [1.165, 1.54) is 71.5 Å². The summed E-state index contributed by atoms with van der Waals surface area (Å²) in [6.45, 7) is 10.9. The molecule has 0 spiro atoms. The molecule has 5 aromatic carbocycles. The first-order chi connectivity index (χ1) is 71.4. The number of hydrogen-bond acceptors (Lipinski definition) is 32. The number of aromatic nitrogens is 10. The van der Waals surface area contributed by atoms with Crippen molar-refractivity contribution in [2.24, 2.45) is 17.4 Å². The van der Waals surface area contributed by atoms with Crippen molar-refractivity contribution in [3.05, 3.63) is 287 Å². The smallest absolute Gasteiger partial charge is 0.870 e. The molecule has 15 aromatic rings. The number of hydrogen-bond donors (Lipinski definition) is 8. The Morgan fingerprint density at radius 1 is 0.376 bits per heavy atom. The van der Waals surface area contributed by atoms with Crippen LogP contribution in [0.15, 0.2) is 244 Å². The zero-order valence-electron chi connectivity index (χ0n) is 84.2. The number of carboxylic acid groups (broad SMARTS) is 1. The molecule has 11 N–H and O–H groups in total. The third-order valence-corrected chi connectivity index (χ3v) is 26.6. The van der Waals surface area contributed by atoms with Gasteiger partial charge in [-0.2, -0.15) is 0 Å². The number of ether oxygens (including phenoxy) is 7. The summed E-state index contributed by atoms with van der Waals surface area (Å²) < 4.78 is 35.4. The number of Topliss-reactive ketones (excluding diaryl/α,β-unsaturated/α-hetero) is 1. The van der Waals surface area contributed by atoms with Crippen LogP contribution in [0.25, 0.3) is 99.5 Å². The summed E-state index contributed by atoms with van der Waals surface area (Å²) in [5.74, 6) is -1.34. The molecule has 149 heavy (non-hydrogen) atoms. The fourth-order valence-electron chi connectivity index (χ4n) is 17.1. The number of carboxylic acids is 1. The Morgan fingerprint density at radius 2 is 0.658 bits per heavy atom. The Balaban J connectivity index is 0.000000157. The van der Waals surface area contributed by atoms with Gasteiger partial charge in [-0.15, -0.1) is 0 Å². The van der Waals surface area contributed by atoms with Crippen molar-refractivity contribution >= 4 is 149 Å². The zero-order valence-corrected chi connectivity index (χ0v) is 86.4. The minimum Gasteiger partial charge on any atom is -0.870 e. The number of benzene rings is 5. The van der Waals surface area contributed by atoms with E-state index in [4.69, 9.17) is 100 Å². The molecule has 6 aliphatic rings. The average molecular weight is 2070 g/mol. The average Bonchev–Trinajstić information content (AvgIpc) is 0.803. The molecule has 0 amide bonds. The summed E-state index contributed by atoms with van der Waals surface area (Å²) >= 11 is 17.9. The van der Waals surface area contributed by atoms with Crippen LogP contribution in [0.5, 0.6) is 0 Å². The van der Waals surface area contributed by atoms with E-state index < -0.39 is 19.1 Å². The van der Waals surface area contributed by atoms with E-state index in [1.807, 2.05) is 104 Å². The standard InChI is InChI=1S/C27H32N4O2.C21H21N3O3.C20H19N3O3.C16H11ClN2O2.C8H9BO4.C8H4Cl2N2.C6H14N2.C5H11NO.Li.H2O/c1-31-12-7-19(8-13-31)16-27(32)21-4-2-20(3-5-21)25-17-26(29-22-9-14-33-15-10-22)23-18-28-11-6-24(23)30-25;1-26-21(25)15-4-2-14(3-5-15)19-12-20(23-16-7-10-27-11-8-16)17-13-22-9-6-18(17)24-19;24-20(25)14-3-1-13(2-4-14)18-11-19(22-15-6-9-26-10-7-15)16-12-21-8-5-17(16)23-18;1-21-16(20)11-4-2-10(3-5-11)15-8-13(17)12-9-18-7-6-14(12)19-15;1-13-8(10)6-2-4-7(5-3-6)9(11)12;9-6-3-8(10)12-7-1-2-11-4-5(6)7;1-8-4-2-6(7)3-5-8;6-5-1-3-7-4-2-5;;/h2-6,11,17-19,22H,7-10,12-16H2,1H3,(H,29,30);2-6,9,12-13,16H,7-8,10-11H2,1H3,(H,23,24);1-5,8,11-12,15H,6-7,9-10H2,(H,22,23)(H,24,25);2-9H,1H3;2-5,11-12H,1H3;1-4H;6H,2-5,7H2,1H3;5H,1-4,6H2;;1H2/q;;;;;;;;+1;/p-1. The van der Waals surface area contributed by atoms with Gasteiger partial charge in [0, 0.05) is 223 Å². The molecule has 21 rings (SSSR count). The van der Waals surface area contributed by atoms with Crippen molar-refractivity contribution in [2.75, 3.05) is 130 Å². The topological polar surface area (TPSA) is 464 Å². The minimum atomic E-state index is -1.51. The molecule has 33 nitrogen and oxygen atoms in total. The van der Waals surface area contributed by atoms with Crippen LogP contribution in [-0.2, 0) is 33.2 Å². The Kier molecular flexibility index (Phi) is 44.8. The maximum Gasteiger partial charge on any atom is 1.00 e. The quantitative estimate of drug-likeness (QED) is 0.0130. The van der Waals surface area contributed by atoms with Crippen LogP contribution in [0.4, 0.5) is 17.1 Å². The number of pyridine rings is 10. The number of anilines is 3. The van der Waals surface area contributed by atoms with Crippen LogP contribution < -0.4 is 51.7 Å². The van der Waals surface area contributed by atoms with Crippen LogP contribution in [0.2, 0.25) is 15.2 Å². The van der Waals surface area contributed by atoms with Gasteiger partial charge in [-0.1, -0.05) is 108 Å². The van der Waals surface area contributed by atoms with Gasteiger partial charge in [0.05, 0.1) is 104 Å². The molecule has 0 atom stereocenters. The summed E-state index contributed by atoms with van der Waals surface area (Å²) in [5.41, 5.74) is 28.3. The van der Waals surface area contributed by atoms with Crippen LogP contribution in [0.1, 0.15) is 135 Å². The Morgan fingerprint density at radius 3 is 0.973 bits per heavy atom. The number of esters is 3. The third kappa shape index (κ3) is 33.7. The molecule has 10 aromatic heterocycles. The number of aromatic carboxylic acids is 1. The number of carbonyl (C=O) groups excluding carboxylic acids is 4. The normalized spacial score (nSPS) is 15.2. The van der Waals surface area contributed by atoms with E-state index in [-0.39, 0.29) is 47.6 Å². The molecule has 772 valence electrons. The first kappa shape index (κ1) is 115. The van der Waals surface area contributed by atoms with E-state index in [2.05, 4.69) is 90.3 Å². The van der Waals surface area contributed by atoms with Gasteiger partial charge in [0.1, 0.15) is 5.15 Å². The number of rotatable bonds is 18. The van der Waals surface area contributed by atoms with Crippen molar-refractivity contribution in [3.8, 4) is 45.0 Å². The number of piperidine rings is 2. The van der Waals surface area contributed by atoms with Crippen LogP contribution in [-0.4, -0.2) is 262 Å². The summed E-state index contributed by atoms with van der Waals surface area (Å²) in [4.78, 5) is 106. The number of fused-ring (bicyclic) bond motifs is 5. The van der Waals surface area contributed by atoms with Gasteiger partial charge >= 0.3 is 49.9 Å². The van der Waals surface area contributed by atoms with Crippen molar-refractivity contribution in [2.45, 2.75) is 114 Å². The predicted octanol–water partition coefficient (Wildman–Crippen LogP) is 14.9. The van der Waals surface area contributed by atoms with Gasteiger partial charge in [-0.3, -0.25) is 29.7 Å². The number of halogens is 3. The fraction of sp³-hybridized carbons (Fsp3) is 0.324. The molecule has 0 aliphatic carbocycles. The summed E-state index contributed by atoms with van der Waals surface area (Å²) in [6, 6.07) is 55.8. The van der Waals surface area contributed by atoms with Crippen molar-refractivity contribution in [1.29, 1.82) is 0 Å². The monoisotopic (exact) mass is 2070 g/mol. The van der Waals surface area contributed by atoms with Crippen molar-refractivity contribution < 1.29 is 96.6 Å². The molecule has 0 unspecified atom stereocenters. The van der Waals surface area contributed by atoms with E-state index in [1.54, 1.807) is 110 Å². The summed E-state index contributed by atoms with van der Waals surface area (Å²) in [5, 5.41) is 43.7. The van der Waals surface area contributed by atoms with E-state index in [0.717, 1.165) is 252 Å². The van der Waals surface area contributed by atoms with Gasteiger partial charge in [-0.05, 0) is 238 Å². The molecular weight excluding hydrogens is 1950 g/mol. The van der Waals surface area contributed by atoms with Crippen molar-refractivity contribution in [3.63, 3.8) is 0 Å². The molecule has 6 fully saturated rings. The second-order valence-electron chi connectivity index (χ2n) is 36.2. The number of likely N-dealkylation sites (tertiary alicyclic amines) is 2. The van der Waals surface area contributed by atoms with E-state index >= 15 is 0 Å². The van der Waals surface area contributed by atoms with E-state index in [9.17, 15) is 24.0 Å². The number of carbonyl (C=O) groups is 5. The predicted molar refractivity (Wildman–Crippen MR) is 578 cm³/mol. The number of ketones is 1. The summed E-state index contributed by atoms with van der Waals surface area (Å²) in [7, 11) is 6.81. The number of nitrogens with one attached hydrogen (secondary N) is 3. The van der Waals surface area contributed by atoms with Gasteiger partial charge in [-0.25, -0.2) is 44.1 Å². The Bertz CT molecular complexity index is 6870. The molecule has 38 heteroatoms. The van der Waals surface area contributed by atoms with Crippen LogP contribution in [0.3, 0.4) is 0 Å². The maximum atomic E-state index is 12.8. The molecular formula is C111H122BCl3LiN17O16. The fourth-order valence-corrected chi connectivity index (χ4v) is 17.8. The van der Waals surface area contributed by atoms with Gasteiger partial charge in [0.15, 0.2) is 5.78 Å². The second-order valence-corrected chi connectivity index (χ2v) is 37.4. The molecule has 0 saturated carbocycles.